The number of ether oxygens (including phenoxy) is 1. The van der Waals surface area contributed by atoms with Gasteiger partial charge in [0.15, 0.2) is 0 Å². The number of amides is 1. The highest BCUT2D eigenvalue weighted by Gasteiger charge is 2.27. The number of hydrogen-bond donors (Lipinski definition) is 2. The summed E-state index contributed by atoms with van der Waals surface area (Å²) >= 11 is 1.58. The van der Waals surface area contributed by atoms with E-state index in [0.29, 0.717) is 23.6 Å². The summed E-state index contributed by atoms with van der Waals surface area (Å²) in [7, 11) is 0. The first kappa shape index (κ1) is 20.3. The fourth-order valence-electron chi connectivity index (χ4n) is 4.15. The number of rotatable bonds is 6. The van der Waals surface area contributed by atoms with Crippen molar-refractivity contribution in [2.24, 2.45) is 5.92 Å². The number of thiophene rings is 1. The normalized spacial score (nSPS) is 22.6. The largest absolute Gasteiger partial charge is 0.462 e. The van der Waals surface area contributed by atoms with Gasteiger partial charge in [-0.05, 0) is 56.9 Å². The van der Waals surface area contributed by atoms with Gasteiger partial charge in [-0.15, -0.1) is 11.3 Å². The number of hydrogen-bond acceptors (Lipinski definition) is 4. The molecule has 1 fully saturated rings. The Labute approximate surface area is 166 Å². The van der Waals surface area contributed by atoms with Crippen molar-refractivity contribution < 1.29 is 19.2 Å². The van der Waals surface area contributed by atoms with E-state index in [1.807, 2.05) is 6.92 Å². The Morgan fingerprint density at radius 1 is 1.19 bits per heavy atom. The monoisotopic (exact) mass is 393 g/mol. The summed E-state index contributed by atoms with van der Waals surface area (Å²) in [6.45, 7) is 7.68. The minimum absolute atomic E-state index is 0.0167. The van der Waals surface area contributed by atoms with Gasteiger partial charge in [0.25, 0.3) is 0 Å². The minimum atomic E-state index is -0.289. The second kappa shape index (κ2) is 9.69. The average Bonchev–Trinajstić information content (AvgIpc) is 2.82. The summed E-state index contributed by atoms with van der Waals surface area (Å²) in [6, 6.07) is 0. The summed E-state index contributed by atoms with van der Waals surface area (Å²) in [5.41, 5.74) is 1.73. The molecule has 0 spiro atoms. The molecule has 2 N–H and O–H groups in total. The molecule has 1 aliphatic carbocycles. The first-order valence-electron chi connectivity index (χ1n) is 10.5. The van der Waals surface area contributed by atoms with Crippen molar-refractivity contribution in [1.82, 2.24) is 0 Å². The third-order valence-electron chi connectivity index (χ3n) is 5.84. The molecule has 6 heteroatoms. The number of nitrogens with one attached hydrogen (secondary N) is 2. The van der Waals surface area contributed by atoms with Gasteiger partial charge in [0.2, 0.25) is 5.91 Å². The van der Waals surface area contributed by atoms with Crippen molar-refractivity contribution in [3.8, 4) is 0 Å². The quantitative estimate of drug-likeness (QED) is 0.577. The molecule has 27 heavy (non-hydrogen) atoms. The van der Waals surface area contributed by atoms with Crippen molar-refractivity contribution >= 4 is 28.2 Å². The Morgan fingerprint density at radius 2 is 1.93 bits per heavy atom. The molecule has 150 valence electrons. The number of likely N-dealkylation sites (tertiary alicyclic amines) is 1. The topological polar surface area (TPSA) is 59.8 Å². The summed E-state index contributed by atoms with van der Waals surface area (Å²) in [4.78, 5) is 27.9. The molecule has 1 aliphatic heterocycles. The summed E-state index contributed by atoms with van der Waals surface area (Å²) in [5, 5.41) is 3.74. The van der Waals surface area contributed by atoms with Crippen molar-refractivity contribution in [3.63, 3.8) is 0 Å². The highest BCUT2D eigenvalue weighted by molar-refractivity contribution is 7.17. The Kier molecular flexibility index (Phi) is 7.30. The van der Waals surface area contributed by atoms with Crippen molar-refractivity contribution in [2.75, 3.05) is 31.6 Å². The van der Waals surface area contributed by atoms with Crippen LogP contribution in [0.1, 0.15) is 73.2 Å². The van der Waals surface area contributed by atoms with Crippen LogP contribution in [0.3, 0.4) is 0 Å². The number of fused-ring (bicyclic) bond motifs is 1. The van der Waals surface area contributed by atoms with E-state index in [9.17, 15) is 9.59 Å². The number of carbonyl (C=O) groups is 2. The van der Waals surface area contributed by atoms with Crippen LogP contribution in [-0.2, 0) is 22.4 Å². The fourth-order valence-corrected chi connectivity index (χ4v) is 5.44. The maximum absolute atomic E-state index is 12.6. The maximum atomic E-state index is 12.6. The van der Waals surface area contributed by atoms with E-state index >= 15 is 0 Å². The molecule has 1 saturated heterocycles. The van der Waals surface area contributed by atoms with E-state index in [2.05, 4.69) is 12.2 Å². The number of anilines is 1. The van der Waals surface area contributed by atoms with Crippen LogP contribution < -0.4 is 10.2 Å². The van der Waals surface area contributed by atoms with E-state index in [1.165, 1.54) is 29.0 Å². The summed E-state index contributed by atoms with van der Waals surface area (Å²) in [5.74, 6) is 0.544. The second-order valence-electron chi connectivity index (χ2n) is 7.97. The molecular formula is C21H33N2O3S+. The Bertz CT molecular complexity index is 663. The average molecular weight is 394 g/mol. The molecule has 5 nitrogen and oxygen atoms in total. The number of quaternary nitrogens is 1. The predicted molar refractivity (Wildman–Crippen MR) is 109 cm³/mol. The Morgan fingerprint density at radius 3 is 2.67 bits per heavy atom. The molecular weight excluding hydrogens is 360 g/mol. The van der Waals surface area contributed by atoms with E-state index in [1.54, 1.807) is 11.3 Å². The van der Waals surface area contributed by atoms with Crippen LogP contribution in [0.5, 0.6) is 0 Å². The molecule has 0 bridgehead atoms. The first-order valence-corrected chi connectivity index (χ1v) is 11.3. The maximum Gasteiger partial charge on any atom is 0.341 e. The minimum Gasteiger partial charge on any atom is -0.462 e. The summed E-state index contributed by atoms with van der Waals surface area (Å²) < 4.78 is 5.29. The molecule has 0 radical (unpaired) electrons. The zero-order chi connectivity index (χ0) is 19.2. The van der Waals surface area contributed by atoms with Gasteiger partial charge in [-0.3, -0.25) is 4.79 Å². The van der Waals surface area contributed by atoms with Crippen molar-refractivity contribution in [1.29, 1.82) is 0 Å². The zero-order valence-corrected chi connectivity index (χ0v) is 17.5. The Balaban J connectivity index is 1.66. The standard InChI is InChI=1S/C21H32N2O3S/c1-3-26-21(25)19-16-7-5-4-6-8-17(16)27-20(19)22-18(24)11-14-23-12-9-15(2)10-13-23/h15H,3-14H2,1-2H3,(H,22,24)/p+1. The van der Waals surface area contributed by atoms with Crippen LogP contribution in [0.2, 0.25) is 0 Å². The van der Waals surface area contributed by atoms with Gasteiger partial charge in [-0.2, -0.15) is 0 Å². The van der Waals surface area contributed by atoms with E-state index in [4.69, 9.17) is 4.74 Å². The highest BCUT2D eigenvalue weighted by Crippen LogP contribution is 2.38. The highest BCUT2D eigenvalue weighted by atomic mass is 32.1. The lowest BCUT2D eigenvalue weighted by molar-refractivity contribution is -0.905. The first-order chi connectivity index (χ1) is 13.1. The molecule has 0 atom stereocenters. The number of piperidine rings is 1. The Hall–Kier alpha value is -1.40. The van der Waals surface area contributed by atoms with E-state index < -0.39 is 0 Å². The molecule has 0 aromatic carbocycles. The SMILES string of the molecule is CCOC(=O)c1c(NC(=O)CC[NH+]2CCC(C)CC2)sc2c1CCCCC2. The third kappa shape index (κ3) is 5.32. The fraction of sp³-hybridized carbons (Fsp3) is 0.714. The van der Waals surface area contributed by atoms with Crippen LogP contribution in [0, 0.1) is 5.92 Å². The van der Waals surface area contributed by atoms with Gasteiger partial charge in [-0.1, -0.05) is 13.3 Å². The second-order valence-corrected chi connectivity index (χ2v) is 9.07. The van der Waals surface area contributed by atoms with Gasteiger partial charge < -0.3 is 15.0 Å². The molecule has 0 unspecified atom stereocenters. The van der Waals surface area contributed by atoms with Crippen LogP contribution in [0.25, 0.3) is 0 Å². The number of carbonyl (C=O) groups excluding carboxylic acids is 2. The van der Waals surface area contributed by atoms with E-state index in [-0.39, 0.29) is 11.9 Å². The van der Waals surface area contributed by atoms with Crippen LogP contribution in [0.15, 0.2) is 0 Å². The third-order valence-corrected chi connectivity index (χ3v) is 7.05. The van der Waals surface area contributed by atoms with E-state index in [0.717, 1.165) is 56.8 Å². The van der Waals surface area contributed by atoms with Gasteiger partial charge in [-0.25, -0.2) is 4.79 Å². The van der Waals surface area contributed by atoms with Crippen molar-refractivity contribution in [3.05, 3.63) is 16.0 Å². The van der Waals surface area contributed by atoms with Gasteiger partial charge in [0.05, 0.1) is 38.2 Å². The molecule has 2 heterocycles. The number of esters is 1. The molecule has 1 aromatic heterocycles. The smallest absolute Gasteiger partial charge is 0.341 e. The lowest BCUT2D eigenvalue weighted by atomic mass is 9.99. The molecule has 1 amide bonds. The molecule has 3 rings (SSSR count). The molecule has 2 aliphatic rings. The lowest BCUT2D eigenvalue weighted by Crippen LogP contribution is -3.13. The van der Waals surface area contributed by atoms with Crippen LogP contribution in [0.4, 0.5) is 5.00 Å². The summed E-state index contributed by atoms with van der Waals surface area (Å²) in [6.07, 6.45) is 8.37. The van der Waals surface area contributed by atoms with Gasteiger partial charge in [0, 0.05) is 4.88 Å². The van der Waals surface area contributed by atoms with Gasteiger partial charge >= 0.3 is 5.97 Å². The zero-order valence-electron chi connectivity index (χ0n) is 16.7. The van der Waals surface area contributed by atoms with Crippen molar-refractivity contribution in [2.45, 2.75) is 65.2 Å². The predicted octanol–water partition coefficient (Wildman–Crippen LogP) is 2.84. The van der Waals surface area contributed by atoms with Crippen LogP contribution >= 0.6 is 11.3 Å². The molecule has 0 saturated carbocycles. The van der Waals surface area contributed by atoms with Crippen LogP contribution in [-0.4, -0.2) is 38.1 Å². The van der Waals surface area contributed by atoms with Gasteiger partial charge in [0.1, 0.15) is 5.00 Å². The molecule has 1 aromatic rings. The lowest BCUT2D eigenvalue weighted by Gasteiger charge is -2.27. The number of aryl methyl sites for hydroxylation is 1.